The van der Waals surface area contributed by atoms with Gasteiger partial charge in [0.25, 0.3) is 0 Å². The van der Waals surface area contributed by atoms with Gasteiger partial charge in [-0.2, -0.15) is 0 Å². The van der Waals surface area contributed by atoms with Gasteiger partial charge in [-0.1, -0.05) is 56.7 Å². The molecule has 1 aliphatic carbocycles. The fraction of sp³-hybridized carbons (Fsp3) is 0.643. The first-order valence-electron chi connectivity index (χ1n) is 13.7. The van der Waals surface area contributed by atoms with Crippen molar-refractivity contribution in [3.05, 3.63) is 35.4 Å². The van der Waals surface area contributed by atoms with Gasteiger partial charge in [-0.05, 0) is 30.5 Å². The summed E-state index contributed by atoms with van der Waals surface area (Å²) in [5.41, 5.74) is 5.52. The lowest BCUT2D eigenvalue weighted by molar-refractivity contribution is -0.135. The van der Waals surface area contributed by atoms with Gasteiger partial charge < -0.3 is 19.9 Å². The smallest absolute Gasteiger partial charge is 0.246 e. The average Bonchev–Trinajstić information content (AvgIpc) is 3.29. The number of nitrogens with zero attached hydrogens (tertiary/aromatic N) is 3. The molecule has 1 aromatic rings. The number of nitrogens with one attached hydrogen (secondary N) is 2. The molecule has 1 atom stereocenters. The molecule has 1 unspecified atom stereocenters. The molecule has 0 bridgehead atoms. The minimum absolute atomic E-state index is 0.000685. The molecule has 0 aromatic heterocycles. The molecule has 204 valence electrons. The van der Waals surface area contributed by atoms with Crippen LogP contribution in [0.3, 0.4) is 0 Å². The van der Waals surface area contributed by atoms with Crippen LogP contribution in [0.5, 0.6) is 5.75 Å². The highest BCUT2D eigenvalue weighted by Gasteiger charge is 2.47. The Labute approximate surface area is 226 Å². The number of carbonyl (C=O) groups excluding carboxylic acids is 2. The zero-order valence-corrected chi connectivity index (χ0v) is 23.1. The lowest BCUT2D eigenvalue weighted by Gasteiger charge is -2.41. The van der Waals surface area contributed by atoms with E-state index in [4.69, 9.17) is 16.3 Å². The molecule has 1 spiro atoms. The van der Waals surface area contributed by atoms with Crippen molar-refractivity contribution in [2.24, 2.45) is 0 Å². The lowest BCUT2D eigenvalue weighted by atomic mass is 9.74. The summed E-state index contributed by atoms with van der Waals surface area (Å²) >= 11 is 6.88. The second-order valence-corrected chi connectivity index (χ2v) is 10.9. The number of carbonyl (C=O) groups is 2. The van der Waals surface area contributed by atoms with Crippen LogP contribution in [0.4, 0.5) is 5.69 Å². The van der Waals surface area contributed by atoms with Gasteiger partial charge in [0, 0.05) is 62.3 Å². The number of ether oxygens (including phenoxy) is 1. The normalized spacial score (nSPS) is 22.7. The molecule has 2 saturated heterocycles. The minimum Gasteiger partial charge on any atom is -0.495 e. The van der Waals surface area contributed by atoms with Crippen LogP contribution in [-0.4, -0.2) is 85.6 Å². The fourth-order valence-corrected chi connectivity index (χ4v) is 6.61. The zero-order valence-electron chi connectivity index (χ0n) is 22.4. The van der Waals surface area contributed by atoms with Crippen molar-refractivity contribution in [3.8, 4) is 5.75 Å². The summed E-state index contributed by atoms with van der Waals surface area (Å²) in [6.07, 6.45) is 11.3. The predicted octanol–water partition coefficient (Wildman–Crippen LogP) is 4.02. The summed E-state index contributed by atoms with van der Waals surface area (Å²) in [4.78, 5) is 28.3. The number of hydrazine groups is 1. The highest BCUT2D eigenvalue weighted by atomic mass is 35.5. The maximum atomic E-state index is 13.0. The molecule has 3 fully saturated rings. The SMILES string of the molecule is C=CC(=O)N1CCN(C(=O)CNc2cc(C3CNN(C)C34CCCCCCCC4)c(Cl)cc2OC)CC1. The summed E-state index contributed by atoms with van der Waals surface area (Å²) in [7, 11) is 3.80. The number of halogens is 1. The van der Waals surface area contributed by atoms with Crippen LogP contribution < -0.4 is 15.5 Å². The monoisotopic (exact) mass is 531 g/mol. The highest BCUT2D eigenvalue weighted by molar-refractivity contribution is 6.31. The first-order chi connectivity index (χ1) is 17.9. The Hall–Kier alpha value is -2.29. The number of hydrogen-bond acceptors (Lipinski definition) is 6. The Kier molecular flexibility index (Phi) is 9.37. The van der Waals surface area contributed by atoms with E-state index in [2.05, 4.69) is 35.4 Å². The van der Waals surface area contributed by atoms with E-state index in [1.54, 1.807) is 16.9 Å². The molecule has 9 heteroatoms. The molecule has 1 aromatic carbocycles. The van der Waals surface area contributed by atoms with Crippen LogP contribution in [0, 0.1) is 0 Å². The number of likely N-dealkylation sites (N-methyl/N-ethyl adjacent to an activating group) is 1. The van der Waals surface area contributed by atoms with E-state index in [-0.39, 0.29) is 29.8 Å². The average molecular weight is 532 g/mol. The number of hydrogen-bond donors (Lipinski definition) is 2. The first kappa shape index (κ1) is 27.7. The number of anilines is 1. The summed E-state index contributed by atoms with van der Waals surface area (Å²) in [5.74, 6) is 0.791. The van der Waals surface area contributed by atoms with Crippen molar-refractivity contribution in [1.29, 1.82) is 0 Å². The van der Waals surface area contributed by atoms with Crippen molar-refractivity contribution in [2.45, 2.75) is 62.8 Å². The second kappa shape index (κ2) is 12.5. The maximum absolute atomic E-state index is 13.0. The van der Waals surface area contributed by atoms with Crippen LogP contribution in [0.15, 0.2) is 24.8 Å². The molecule has 0 radical (unpaired) electrons. The van der Waals surface area contributed by atoms with Crippen LogP contribution in [0.25, 0.3) is 0 Å². The second-order valence-electron chi connectivity index (χ2n) is 10.5. The Balaban J connectivity index is 1.50. The van der Waals surface area contributed by atoms with Crippen LogP contribution >= 0.6 is 11.6 Å². The minimum atomic E-state index is -0.0895. The van der Waals surface area contributed by atoms with E-state index in [0.717, 1.165) is 30.6 Å². The number of rotatable bonds is 6. The van der Waals surface area contributed by atoms with Gasteiger partial charge >= 0.3 is 0 Å². The molecule has 2 N–H and O–H groups in total. The van der Waals surface area contributed by atoms with E-state index in [9.17, 15) is 9.59 Å². The predicted molar refractivity (Wildman–Crippen MR) is 148 cm³/mol. The van der Waals surface area contributed by atoms with Crippen molar-refractivity contribution < 1.29 is 14.3 Å². The Morgan fingerprint density at radius 2 is 1.73 bits per heavy atom. The summed E-state index contributed by atoms with van der Waals surface area (Å²) in [6.45, 7) is 6.63. The third kappa shape index (κ3) is 6.07. The van der Waals surface area contributed by atoms with Gasteiger partial charge in [0.15, 0.2) is 0 Å². The third-order valence-corrected chi connectivity index (χ3v) is 8.89. The lowest BCUT2D eigenvalue weighted by Crippen LogP contribution is -2.51. The number of methoxy groups -OCH3 is 1. The molecule has 2 amide bonds. The largest absolute Gasteiger partial charge is 0.495 e. The molecule has 4 rings (SSSR count). The molecule has 8 nitrogen and oxygen atoms in total. The Bertz CT molecular complexity index is 969. The third-order valence-electron chi connectivity index (χ3n) is 8.56. The van der Waals surface area contributed by atoms with E-state index in [1.165, 1.54) is 44.6 Å². The van der Waals surface area contributed by atoms with Crippen LogP contribution in [0.1, 0.15) is 62.8 Å². The topological polar surface area (TPSA) is 77.2 Å². The van der Waals surface area contributed by atoms with Crippen molar-refractivity contribution in [1.82, 2.24) is 20.2 Å². The summed E-state index contributed by atoms with van der Waals surface area (Å²) < 4.78 is 5.63. The van der Waals surface area contributed by atoms with E-state index in [1.807, 2.05) is 6.07 Å². The van der Waals surface area contributed by atoms with Crippen LogP contribution in [0.2, 0.25) is 5.02 Å². The highest BCUT2D eigenvalue weighted by Crippen LogP contribution is 2.47. The molecular formula is C28H42ClN5O3. The molecular weight excluding hydrogens is 490 g/mol. The number of benzene rings is 1. The number of piperazine rings is 1. The van der Waals surface area contributed by atoms with Crippen LogP contribution in [-0.2, 0) is 9.59 Å². The van der Waals surface area contributed by atoms with Gasteiger partial charge in [0.05, 0.1) is 19.3 Å². The molecule has 37 heavy (non-hydrogen) atoms. The van der Waals surface area contributed by atoms with Gasteiger partial charge in [-0.25, -0.2) is 5.01 Å². The Morgan fingerprint density at radius 3 is 2.35 bits per heavy atom. The Morgan fingerprint density at radius 1 is 1.11 bits per heavy atom. The quantitative estimate of drug-likeness (QED) is 0.540. The van der Waals surface area contributed by atoms with Gasteiger partial charge in [0.2, 0.25) is 11.8 Å². The van der Waals surface area contributed by atoms with Crippen molar-refractivity contribution in [2.75, 3.05) is 58.7 Å². The van der Waals surface area contributed by atoms with Crippen molar-refractivity contribution >= 4 is 29.1 Å². The first-order valence-corrected chi connectivity index (χ1v) is 14.0. The van der Waals surface area contributed by atoms with Gasteiger partial charge in [-0.3, -0.25) is 15.0 Å². The molecule has 2 heterocycles. The standard InChI is InChI=1S/C28H42ClN5O3/c1-4-26(35)33-13-15-34(16-14-33)27(36)20-30-24-17-21(23(29)18-25(24)37-3)22-19-31-32(2)28(22)11-9-7-5-6-8-10-12-28/h4,17-18,22,30-31H,1,5-16,19-20H2,2-3H3. The van der Waals surface area contributed by atoms with E-state index >= 15 is 0 Å². The zero-order chi connectivity index (χ0) is 26.4. The summed E-state index contributed by atoms with van der Waals surface area (Å²) in [6, 6.07) is 3.97. The molecule has 1 saturated carbocycles. The maximum Gasteiger partial charge on any atom is 0.246 e. The van der Waals surface area contributed by atoms with Crippen molar-refractivity contribution in [3.63, 3.8) is 0 Å². The number of amides is 2. The van der Waals surface area contributed by atoms with E-state index < -0.39 is 0 Å². The molecule has 2 aliphatic heterocycles. The van der Waals surface area contributed by atoms with E-state index in [0.29, 0.717) is 37.0 Å². The fourth-order valence-electron chi connectivity index (χ4n) is 6.32. The van der Waals surface area contributed by atoms with Gasteiger partial charge in [0.1, 0.15) is 5.75 Å². The summed E-state index contributed by atoms with van der Waals surface area (Å²) in [5, 5.41) is 6.38. The van der Waals surface area contributed by atoms with Gasteiger partial charge in [-0.15, -0.1) is 0 Å². The molecule has 3 aliphatic rings.